The van der Waals surface area contributed by atoms with E-state index in [2.05, 4.69) is 20.8 Å². The number of fused-ring (bicyclic) bond motifs is 3. The number of hydrogen-bond acceptors (Lipinski definition) is 4. The van der Waals surface area contributed by atoms with Gasteiger partial charge in [-0.05, 0) is 41.4 Å². The van der Waals surface area contributed by atoms with Crippen LogP contribution in [0.4, 0.5) is 0 Å². The molecule has 0 spiro atoms. The van der Waals surface area contributed by atoms with Crippen LogP contribution in [-0.2, 0) is 9.53 Å². The van der Waals surface area contributed by atoms with Crippen LogP contribution in [0.3, 0.4) is 0 Å². The molecule has 0 N–H and O–H groups in total. The number of carbonyl (C=O) groups excluding carboxylic acids is 2. The number of carbonyl (C=O) groups is 2. The molecule has 4 atom stereocenters. The molecule has 1 aromatic rings. The van der Waals surface area contributed by atoms with Crippen molar-refractivity contribution in [2.24, 2.45) is 22.7 Å². The lowest BCUT2D eigenvalue weighted by molar-refractivity contribution is -0.137. The zero-order valence-electron chi connectivity index (χ0n) is 14.5. The van der Waals surface area contributed by atoms with Crippen molar-refractivity contribution in [1.82, 2.24) is 0 Å². The first-order chi connectivity index (χ1) is 11.3. The summed E-state index contributed by atoms with van der Waals surface area (Å²) in [6, 6.07) is 1.69. The van der Waals surface area contributed by atoms with Gasteiger partial charge in [0.1, 0.15) is 12.4 Å². The zero-order valence-corrected chi connectivity index (χ0v) is 14.5. The molecule has 4 rings (SSSR count). The Morgan fingerprint density at radius 2 is 2.04 bits per heavy atom. The van der Waals surface area contributed by atoms with Gasteiger partial charge in [-0.25, -0.2) is 0 Å². The maximum Gasteiger partial charge on any atom is 0.195 e. The molecule has 0 bridgehead atoms. The van der Waals surface area contributed by atoms with E-state index in [1.807, 2.05) is 0 Å². The van der Waals surface area contributed by atoms with Gasteiger partial charge in [-0.15, -0.1) is 0 Å². The lowest BCUT2D eigenvalue weighted by Crippen LogP contribution is -2.55. The fourth-order valence-electron chi connectivity index (χ4n) is 5.68. The fourth-order valence-corrected chi connectivity index (χ4v) is 5.68. The number of furan rings is 1. The Labute approximate surface area is 142 Å². The SMILES string of the molecule is CC1(C)CCC[C@]2(C)[C@@H]3C(=CC(=O)[C@@H]12)CO[C@H]3C(=O)c1ccoc1. The summed E-state index contributed by atoms with van der Waals surface area (Å²) in [5, 5.41) is 0. The van der Waals surface area contributed by atoms with Crippen molar-refractivity contribution in [3.05, 3.63) is 35.8 Å². The van der Waals surface area contributed by atoms with Crippen molar-refractivity contribution in [1.29, 1.82) is 0 Å². The summed E-state index contributed by atoms with van der Waals surface area (Å²) < 4.78 is 11.0. The molecule has 1 aliphatic heterocycles. The standard InChI is InChI=1S/C20H24O4/c1-19(2)6-4-7-20(3)15-13(9-14(21)18(19)20)11-24-17(15)16(22)12-5-8-23-10-12/h5,8-10,15,17-18H,4,6-7,11H2,1-3H3/t15-,17-,18+,20-/m1/s1. The van der Waals surface area contributed by atoms with Gasteiger partial charge >= 0.3 is 0 Å². The van der Waals surface area contributed by atoms with Crippen LogP contribution in [-0.4, -0.2) is 24.3 Å². The normalized spacial score (nSPS) is 37.5. The van der Waals surface area contributed by atoms with Gasteiger partial charge in [0.2, 0.25) is 0 Å². The third-order valence-corrected chi connectivity index (χ3v) is 6.50. The largest absolute Gasteiger partial charge is 0.472 e. The van der Waals surface area contributed by atoms with Crippen molar-refractivity contribution >= 4 is 11.6 Å². The lowest BCUT2D eigenvalue weighted by Gasteiger charge is -2.55. The highest BCUT2D eigenvalue weighted by Crippen LogP contribution is 2.61. The Morgan fingerprint density at radius 1 is 1.25 bits per heavy atom. The molecule has 3 aliphatic rings. The molecular formula is C20H24O4. The van der Waals surface area contributed by atoms with Crippen LogP contribution in [0, 0.1) is 22.7 Å². The van der Waals surface area contributed by atoms with Crippen LogP contribution in [0.25, 0.3) is 0 Å². The number of ether oxygens (including phenoxy) is 1. The van der Waals surface area contributed by atoms with Crippen LogP contribution in [0.1, 0.15) is 50.4 Å². The van der Waals surface area contributed by atoms with E-state index in [0.29, 0.717) is 12.2 Å². The molecule has 24 heavy (non-hydrogen) atoms. The summed E-state index contributed by atoms with van der Waals surface area (Å²) in [5.41, 5.74) is 1.29. The number of ketones is 2. The highest BCUT2D eigenvalue weighted by Gasteiger charge is 2.60. The molecule has 2 heterocycles. The van der Waals surface area contributed by atoms with Gasteiger partial charge in [-0.1, -0.05) is 27.2 Å². The molecule has 4 nitrogen and oxygen atoms in total. The van der Waals surface area contributed by atoms with Crippen molar-refractivity contribution in [2.75, 3.05) is 6.61 Å². The van der Waals surface area contributed by atoms with Gasteiger partial charge in [0.15, 0.2) is 11.6 Å². The molecule has 2 aliphatic carbocycles. The van der Waals surface area contributed by atoms with Gasteiger partial charge < -0.3 is 9.15 Å². The van der Waals surface area contributed by atoms with E-state index in [1.165, 1.54) is 12.5 Å². The summed E-state index contributed by atoms with van der Waals surface area (Å²) in [7, 11) is 0. The summed E-state index contributed by atoms with van der Waals surface area (Å²) in [5.74, 6) is 0.124. The Bertz CT molecular complexity index is 712. The first-order valence-corrected chi connectivity index (χ1v) is 8.77. The van der Waals surface area contributed by atoms with Gasteiger partial charge in [0.05, 0.1) is 18.4 Å². The highest BCUT2D eigenvalue weighted by molar-refractivity contribution is 6.01. The molecule has 0 aromatic carbocycles. The van der Waals surface area contributed by atoms with E-state index in [-0.39, 0.29) is 34.2 Å². The smallest absolute Gasteiger partial charge is 0.195 e. The van der Waals surface area contributed by atoms with E-state index >= 15 is 0 Å². The van der Waals surface area contributed by atoms with E-state index in [0.717, 1.165) is 24.8 Å². The molecule has 128 valence electrons. The van der Waals surface area contributed by atoms with Gasteiger partial charge in [-0.2, -0.15) is 0 Å². The monoisotopic (exact) mass is 328 g/mol. The van der Waals surface area contributed by atoms with Crippen molar-refractivity contribution < 1.29 is 18.7 Å². The third kappa shape index (κ3) is 2.08. The van der Waals surface area contributed by atoms with Crippen molar-refractivity contribution in [3.63, 3.8) is 0 Å². The van der Waals surface area contributed by atoms with Crippen LogP contribution >= 0.6 is 0 Å². The minimum atomic E-state index is -0.511. The minimum Gasteiger partial charge on any atom is -0.472 e. The first-order valence-electron chi connectivity index (χ1n) is 8.77. The minimum absolute atomic E-state index is 0.0119. The molecule has 2 fully saturated rings. The molecule has 0 unspecified atom stereocenters. The highest BCUT2D eigenvalue weighted by atomic mass is 16.5. The third-order valence-electron chi connectivity index (χ3n) is 6.50. The van der Waals surface area contributed by atoms with Crippen LogP contribution < -0.4 is 0 Å². The average molecular weight is 328 g/mol. The van der Waals surface area contributed by atoms with Gasteiger partial charge in [0.25, 0.3) is 0 Å². The molecule has 0 amide bonds. The van der Waals surface area contributed by atoms with Gasteiger partial charge in [0, 0.05) is 11.8 Å². The molecule has 1 saturated carbocycles. The summed E-state index contributed by atoms with van der Waals surface area (Å²) >= 11 is 0. The van der Waals surface area contributed by atoms with E-state index in [1.54, 1.807) is 12.1 Å². The number of hydrogen-bond donors (Lipinski definition) is 0. The summed E-state index contributed by atoms with van der Waals surface area (Å²) in [6.45, 7) is 6.95. The predicted octanol–water partition coefficient (Wildman–Crippen LogP) is 3.82. The Balaban J connectivity index is 1.78. The van der Waals surface area contributed by atoms with Crippen LogP contribution in [0.5, 0.6) is 0 Å². The van der Waals surface area contributed by atoms with E-state index < -0.39 is 6.10 Å². The molecular weight excluding hydrogens is 304 g/mol. The van der Waals surface area contributed by atoms with Crippen LogP contribution in [0.2, 0.25) is 0 Å². The quantitative estimate of drug-likeness (QED) is 0.775. The number of rotatable bonds is 2. The first kappa shape index (κ1) is 15.8. The van der Waals surface area contributed by atoms with E-state index in [4.69, 9.17) is 9.15 Å². The second kappa shape index (κ2) is 5.16. The fraction of sp³-hybridized carbons (Fsp3) is 0.600. The number of allylic oxidation sites excluding steroid dienone is 1. The summed E-state index contributed by atoms with van der Waals surface area (Å²) in [6.07, 6.45) is 7.35. The van der Waals surface area contributed by atoms with E-state index in [9.17, 15) is 9.59 Å². The molecule has 1 saturated heterocycles. The van der Waals surface area contributed by atoms with Crippen molar-refractivity contribution in [2.45, 2.75) is 46.1 Å². The van der Waals surface area contributed by atoms with Crippen molar-refractivity contribution in [3.8, 4) is 0 Å². The maximum atomic E-state index is 12.9. The second-order valence-corrected chi connectivity index (χ2v) is 8.49. The van der Waals surface area contributed by atoms with Gasteiger partial charge in [-0.3, -0.25) is 9.59 Å². The molecule has 4 heteroatoms. The number of Topliss-reactive ketones (excluding diaryl/α,β-unsaturated/α-hetero) is 1. The predicted molar refractivity (Wildman–Crippen MR) is 88.6 cm³/mol. The molecule has 1 aromatic heterocycles. The maximum absolute atomic E-state index is 12.9. The molecule has 0 radical (unpaired) electrons. The average Bonchev–Trinajstić information content (AvgIpc) is 3.14. The Hall–Kier alpha value is -1.68. The summed E-state index contributed by atoms with van der Waals surface area (Å²) in [4.78, 5) is 25.8. The zero-order chi connectivity index (χ0) is 17.1. The van der Waals surface area contributed by atoms with Crippen LogP contribution in [0.15, 0.2) is 34.7 Å². The topological polar surface area (TPSA) is 56.5 Å². The lowest BCUT2D eigenvalue weighted by atomic mass is 9.47. The Kier molecular flexibility index (Phi) is 3.40. The second-order valence-electron chi connectivity index (χ2n) is 8.49. The Morgan fingerprint density at radius 3 is 2.75 bits per heavy atom.